The van der Waals surface area contributed by atoms with E-state index in [1.807, 2.05) is 41.2 Å². The summed E-state index contributed by atoms with van der Waals surface area (Å²) < 4.78 is 7.98. The number of aromatic nitrogens is 2. The van der Waals surface area contributed by atoms with Crippen molar-refractivity contribution >= 4 is 6.08 Å². The maximum atomic E-state index is 9.93. The standard InChI is InChI=1S/C21H22N2O2/c1-4-17-20(24)10-7-11-21(17)25-14-16-8-5-6-9-18(16)19-12-13-22-23(19)15(2)3/h4-13,15,24H,1,14H2,2-3H3. The third kappa shape index (κ3) is 3.43. The molecule has 1 heterocycles. The summed E-state index contributed by atoms with van der Waals surface area (Å²) in [6, 6.07) is 15.6. The van der Waals surface area contributed by atoms with Crippen molar-refractivity contribution in [3.05, 3.63) is 72.4 Å². The Morgan fingerprint density at radius 1 is 1.16 bits per heavy atom. The Balaban J connectivity index is 1.91. The van der Waals surface area contributed by atoms with Crippen LogP contribution in [0.15, 0.2) is 61.3 Å². The largest absolute Gasteiger partial charge is 0.507 e. The Morgan fingerprint density at radius 3 is 2.72 bits per heavy atom. The topological polar surface area (TPSA) is 47.3 Å². The number of nitrogens with zero attached hydrogens (tertiary/aromatic N) is 2. The van der Waals surface area contributed by atoms with Gasteiger partial charge >= 0.3 is 0 Å². The summed E-state index contributed by atoms with van der Waals surface area (Å²) in [6.45, 7) is 8.36. The molecule has 0 bridgehead atoms. The molecule has 2 aromatic carbocycles. The summed E-state index contributed by atoms with van der Waals surface area (Å²) in [7, 11) is 0. The molecule has 0 aliphatic carbocycles. The van der Waals surface area contributed by atoms with E-state index < -0.39 is 0 Å². The maximum absolute atomic E-state index is 9.93. The number of benzene rings is 2. The van der Waals surface area contributed by atoms with Crippen molar-refractivity contribution in [2.24, 2.45) is 0 Å². The van der Waals surface area contributed by atoms with E-state index in [0.29, 0.717) is 17.9 Å². The van der Waals surface area contributed by atoms with Crippen molar-refractivity contribution in [3.8, 4) is 22.8 Å². The lowest BCUT2D eigenvalue weighted by Gasteiger charge is -2.16. The second-order valence-corrected chi connectivity index (χ2v) is 6.09. The number of aromatic hydroxyl groups is 1. The number of phenolic OH excluding ortho intramolecular Hbond substituents is 1. The summed E-state index contributed by atoms with van der Waals surface area (Å²) in [5, 5.41) is 14.3. The van der Waals surface area contributed by atoms with Crippen LogP contribution < -0.4 is 4.74 Å². The monoisotopic (exact) mass is 334 g/mol. The number of hydrogen-bond acceptors (Lipinski definition) is 3. The summed E-state index contributed by atoms with van der Waals surface area (Å²) in [5.41, 5.74) is 3.82. The molecule has 0 aliphatic rings. The van der Waals surface area contributed by atoms with Crippen LogP contribution in [0.1, 0.15) is 31.0 Å². The van der Waals surface area contributed by atoms with E-state index in [0.717, 1.165) is 16.8 Å². The second-order valence-electron chi connectivity index (χ2n) is 6.09. The molecule has 1 N–H and O–H groups in total. The van der Waals surface area contributed by atoms with E-state index in [1.54, 1.807) is 18.2 Å². The normalized spacial score (nSPS) is 10.8. The minimum atomic E-state index is 0.165. The zero-order valence-corrected chi connectivity index (χ0v) is 14.5. The predicted molar refractivity (Wildman–Crippen MR) is 101 cm³/mol. The molecule has 0 fully saturated rings. The molecule has 0 amide bonds. The van der Waals surface area contributed by atoms with Crippen LogP contribution in [0, 0.1) is 0 Å². The quantitative estimate of drug-likeness (QED) is 0.685. The molecular formula is C21H22N2O2. The van der Waals surface area contributed by atoms with E-state index in [2.05, 4.69) is 31.6 Å². The fraction of sp³-hybridized carbons (Fsp3) is 0.190. The molecule has 0 aliphatic heterocycles. The van der Waals surface area contributed by atoms with E-state index >= 15 is 0 Å². The molecule has 3 aromatic rings. The minimum Gasteiger partial charge on any atom is -0.507 e. The third-order valence-corrected chi connectivity index (χ3v) is 4.08. The minimum absolute atomic E-state index is 0.165. The molecule has 0 atom stereocenters. The van der Waals surface area contributed by atoms with Gasteiger partial charge < -0.3 is 9.84 Å². The first-order valence-electron chi connectivity index (χ1n) is 8.30. The van der Waals surface area contributed by atoms with Crippen LogP contribution in [0.25, 0.3) is 17.3 Å². The van der Waals surface area contributed by atoms with Crippen LogP contribution in [0.5, 0.6) is 11.5 Å². The van der Waals surface area contributed by atoms with Gasteiger partial charge in [-0.15, -0.1) is 0 Å². The molecular weight excluding hydrogens is 312 g/mol. The number of hydrogen-bond donors (Lipinski definition) is 1. The highest BCUT2D eigenvalue weighted by Crippen LogP contribution is 2.31. The Labute approximate surface area is 148 Å². The third-order valence-electron chi connectivity index (χ3n) is 4.08. The zero-order valence-electron chi connectivity index (χ0n) is 14.5. The van der Waals surface area contributed by atoms with Crippen LogP contribution in [0.3, 0.4) is 0 Å². The van der Waals surface area contributed by atoms with Crippen molar-refractivity contribution in [1.82, 2.24) is 9.78 Å². The van der Waals surface area contributed by atoms with E-state index in [-0.39, 0.29) is 11.8 Å². The van der Waals surface area contributed by atoms with Crippen LogP contribution in [-0.4, -0.2) is 14.9 Å². The predicted octanol–water partition coefficient (Wildman–Crippen LogP) is 5.06. The number of ether oxygens (including phenoxy) is 1. The first-order valence-corrected chi connectivity index (χ1v) is 8.30. The summed E-state index contributed by atoms with van der Waals surface area (Å²) in [6.07, 6.45) is 3.42. The smallest absolute Gasteiger partial charge is 0.130 e. The van der Waals surface area contributed by atoms with Gasteiger partial charge in [0, 0.05) is 17.8 Å². The van der Waals surface area contributed by atoms with Crippen molar-refractivity contribution in [2.75, 3.05) is 0 Å². The van der Waals surface area contributed by atoms with Crippen molar-refractivity contribution in [1.29, 1.82) is 0 Å². The fourth-order valence-electron chi connectivity index (χ4n) is 2.85. The van der Waals surface area contributed by atoms with Gasteiger partial charge in [0.15, 0.2) is 0 Å². The summed E-state index contributed by atoms with van der Waals surface area (Å²) in [5.74, 6) is 0.779. The van der Waals surface area contributed by atoms with Gasteiger partial charge in [-0.25, -0.2) is 0 Å². The lowest BCUT2D eigenvalue weighted by molar-refractivity contribution is 0.304. The van der Waals surface area contributed by atoms with Gasteiger partial charge in [0.2, 0.25) is 0 Å². The van der Waals surface area contributed by atoms with Crippen LogP contribution in [0.4, 0.5) is 0 Å². The number of phenols is 1. The van der Waals surface area contributed by atoms with Gasteiger partial charge in [0.25, 0.3) is 0 Å². The summed E-state index contributed by atoms with van der Waals surface area (Å²) in [4.78, 5) is 0. The average Bonchev–Trinajstić information content (AvgIpc) is 3.10. The van der Waals surface area contributed by atoms with Gasteiger partial charge in [-0.3, -0.25) is 4.68 Å². The van der Waals surface area contributed by atoms with Gasteiger partial charge in [-0.1, -0.05) is 43.0 Å². The van der Waals surface area contributed by atoms with Crippen LogP contribution >= 0.6 is 0 Å². The van der Waals surface area contributed by atoms with E-state index in [4.69, 9.17) is 4.74 Å². The zero-order chi connectivity index (χ0) is 17.8. The van der Waals surface area contributed by atoms with Crippen molar-refractivity contribution in [3.63, 3.8) is 0 Å². The summed E-state index contributed by atoms with van der Waals surface area (Å²) >= 11 is 0. The van der Waals surface area contributed by atoms with Gasteiger partial charge in [-0.2, -0.15) is 5.10 Å². The molecule has 4 heteroatoms. The van der Waals surface area contributed by atoms with Gasteiger partial charge in [0.1, 0.15) is 18.1 Å². The van der Waals surface area contributed by atoms with Crippen molar-refractivity contribution < 1.29 is 9.84 Å². The maximum Gasteiger partial charge on any atom is 0.130 e. The van der Waals surface area contributed by atoms with E-state index in [9.17, 15) is 5.11 Å². The highest BCUT2D eigenvalue weighted by molar-refractivity contribution is 5.65. The van der Waals surface area contributed by atoms with Gasteiger partial charge in [0.05, 0.1) is 11.3 Å². The Morgan fingerprint density at radius 2 is 1.96 bits per heavy atom. The van der Waals surface area contributed by atoms with Crippen LogP contribution in [0.2, 0.25) is 0 Å². The molecule has 1 aromatic heterocycles. The van der Waals surface area contributed by atoms with E-state index in [1.165, 1.54) is 0 Å². The van der Waals surface area contributed by atoms with Crippen molar-refractivity contribution in [2.45, 2.75) is 26.5 Å². The first kappa shape index (κ1) is 16.8. The highest BCUT2D eigenvalue weighted by Gasteiger charge is 2.13. The molecule has 0 radical (unpaired) electrons. The molecule has 0 saturated carbocycles. The molecule has 0 unspecified atom stereocenters. The molecule has 4 nitrogen and oxygen atoms in total. The fourth-order valence-corrected chi connectivity index (χ4v) is 2.85. The molecule has 0 saturated heterocycles. The highest BCUT2D eigenvalue weighted by atomic mass is 16.5. The average molecular weight is 334 g/mol. The van der Waals surface area contributed by atoms with Crippen LogP contribution in [-0.2, 0) is 6.61 Å². The lowest BCUT2D eigenvalue weighted by Crippen LogP contribution is -2.06. The number of rotatable bonds is 6. The molecule has 3 rings (SSSR count). The Bertz CT molecular complexity index is 881. The molecule has 25 heavy (non-hydrogen) atoms. The van der Waals surface area contributed by atoms with Gasteiger partial charge in [-0.05, 0) is 37.6 Å². The molecule has 128 valence electrons. The second kappa shape index (κ2) is 7.26. The molecule has 0 spiro atoms. The SMILES string of the molecule is C=Cc1c(O)cccc1OCc1ccccc1-c1ccnn1C(C)C. The Hall–Kier alpha value is -3.01. The Kier molecular flexibility index (Phi) is 4.89. The first-order chi connectivity index (χ1) is 12.1. The lowest BCUT2D eigenvalue weighted by atomic mass is 10.0.